The van der Waals surface area contributed by atoms with Gasteiger partial charge < -0.3 is 15.0 Å². The van der Waals surface area contributed by atoms with Crippen LogP contribution in [0, 0.1) is 5.82 Å². The van der Waals surface area contributed by atoms with Gasteiger partial charge >= 0.3 is 5.97 Å². The zero-order valence-electron chi connectivity index (χ0n) is 15.2. The number of benzene rings is 2. The normalized spacial score (nSPS) is 10.2. The molecule has 0 unspecified atom stereocenters. The van der Waals surface area contributed by atoms with Gasteiger partial charge in [0, 0.05) is 24.3 Å². The summed E-state index contributed by atoms with van der Waals surface area (Å²) in [5.74, 6) is -1.87. The van der Waals surface area contributed by atoms with Crippen LogP contribution in [-0.2, 0) is 9.53 Å². The molecule has 0 aromatic heterocycles. The van der Waals surface area contributed by atoms with E-state index >= 15 is 0 Å². The van der Waals surface area contributed by atoms with Gasteiger partial charge in [-0.2, -0.15) is 0 Å². The molecule has 2 aromatic carbocycles. The number of amides is 2. The number of nitrogens with one attached hydrogen (secondary N) is 1. The number of halogens is 1. The van der Waals surface area contributed by atoms with E-state index in [9.17, 15) is 18.8 Å². The Hall–Kier alpha value is -3.22. The van der Waals surface area contributed by atoms with Crippen molar-refractivity contribution in [1.29, 1.82) is 0 Å². The van der Waals surface area contributed by atoms with Crippen LogP contribution in [0.4, 0.5) is 10.1 Å². The van der Waals surface area contributed by atoms with Crippen LogP contribution in [0.2, 0.25) is 0 Å². The van der Waals surface area contributed by atoms with Gasteiger partial charge in [0.05, 0.1) is 5.56 Å². The molecule has 2 aromatic rings. The van der Waals surface area contributed by atoms with Gasteiger partial charge in [-0.25, -0.2) is 9.18 Å². The van der Waals surface area contributed by atoms with Gasteiger partial charge in [-0.3, -0.25) is 9.59 Å². The Morgan fingerprint density at radius 1 is 1.00 bits per heavy atom. The lowest BCUT2D eigenvalue weighted by Crippen LogP contribution is -2.30. The van der Waals surface area contributed by atoms with E-state index in [0.29, 0.717) is 24.3 Å². The second kappa shape index (κ2) is 9.47. The second-order valence-electron chi connectivity index (χ2n) is 5.69. The molecule has 142 valence electrons. The summed E-state index contributed by atoms with van der Waals surface area (Å²) in [6, 6.07) is 11.4. The monoisotopic (exact) mass is 372 g/mol. The lowest BCUT2D eigenvalue weighted by molar-refractivity contribution is -0.119. The molecular formula is C20H21FN2O4. The van der Waals surface area contributed by atoms with Crippen LogP contribution < -0.4 is 5.32 Å². The molecule has 0 heterocycles. The third-order valence-corrected chi connectivity index (χ3v) is 3.86. The first-order valence-corrected chi connectivity index (χ1v) is 8.56. The minimum Gasteiger partial charge on any atom is -0.452 e. The average Bonchev–Trinajstić information content (AvgIpc) is 2.67. The van der Waals surface area contributed by atoms with E-state index in [1.165, 1.54) is 12.1 Å². The number of rotatable bonds is 7. The number of esters is 1. The van der Waals surface area contributed by atoms with Gasteiger partial charge in [-0.1, -0.05) is 6.07 Å². The van der Waals surface area contributed by atoms with E-state index in [4.69, 9.17) is 4.74 Å². The van der Waals surface area contributed by atoms with Gasteiger partial charge in [0.1, 0.15) is 5.82 Å². The van der Waals surface area contributed by atoms with E-state index in [2.05, 4.69) is 5.32 Å². The largest absolute Gasteiger partial charge is 0.452 e. The van der Waals surface area contributed by atoms with Crippen molar-refractivity contribution in [3.05, 3.63) is 65.5 Å². The van der Waals surface area contributed by atoms with E-state index < -0.39 is 24.3 Å². The van der Waals surface area contributed by atoms with Crippen LogP contribution in [0.15, 0.2) is 48.5 Å². The molecule has 0 saturated heterocycles. The van der Waals surface area contributed by atoms with Crippen LogP contribution in [0.5, 0.6) is 0 Å². The molecule has 0 aliphatic heterocycles. The number of anilines is 1. The molecule has 0 fully saturated rings. The van der Waals surface area contributed by atoms with E-state index in [1.54, 1.807) is 29.2 Å². The maximum Gasteiger partial charge on any atom is 0.338 e. The summed E-state index contributed by atoms with van der Waals surface area (Å²) in [6.07, 6.45) is 0. The van der Waals surface area contributed by atoms with Crippen LogP contribution in [0.1, 0.15) is 34.6 Å². The number of carbonyl (C=O) groups is 3. The van der Waals surface area contributed by atoms with E-state index in [1.807, 2.05) is 13.8 Å². The van der Waals surface area contributed by atoms with Crippen molar-refractivity contribution >= 4 is 23.5 Å². The van der Waals surface area contributed by atoms with Crippen molar-refractivity contribution in [2.75, 3.05) is 25.0 Å². The Kier molecular flexibility index (Phi) is 7.05. The molecule has 0 aliphatic rings. The number of ether oxygens (including phenoxy) is 1. The first-order chi connectivity index (χ1) is 12.9. The summed E-state index contributed by atoms with van der Waals surface area (Å²) >= 11 is 0. The Bertz CT molecular complexity index is 817. The third kappa shape index (κ3) is 5.64. The van der Waals surface area contributed by atoms with Crippen molar-refractivity contribution in [3.8, 4) is 0 Å². The highest BCUT2D eigenvalue weighted by molar-refractivity contribution is 5.98. The minimum absolute atomic E-state index is 0.126. The quantitative estimate of drug-likeness (QED) is 0.758. The zero-order valence-corrected chi connectivity index (χ0v) is 15.2. The molecule has 0 saturated carbocycles. The highest BCUT2D eigenvalue weighted by Gasteiger charge is 2.14. The molecule has 7 heteroatoms. The topological polar surface area (TPSA) is 75.7 Å². The van der Waals surface area contributed by atoms with Crippen LogP contribution in [0.25, 0.3) is 0 Å². The van der Waals surface area contributed by atoms with Crippen LogP contribution in [0.3, 0.4) is 0 Å². The molecule has 1 N–H and O–H groups in total. The van der Waals surface area contributed by atoms with Crippen molar-refractivity contribution in [1.82, 2.24) is 4.90 Å². The fraction of sp³-hybridized carbons (Fsp3) is 0.250. The Balaban J connectivity index is 1.93. The number of hydrogen-bond acceptors (Lipinski definition) is 4. The average molecular weight is 372 g/mol. The predicted molar refractivity (Wildman–Crippen MR) is 99.0 cm³/mol. The molecule has 0 aliphatic carbocycles. The Labute approximate surface area is 156 Å². The lowest BCUT2D eigenvalue weighted by atomic mass is 10.1. The summed E-state index contributed by atoms with van der Waals surface area (Å²) in [6.45, 7) is 4.46. The fourth-order valence-corrected chi connectivity index (χ4v) is 2.42. The second-order valence-corrected chi connectivity index (χ2v) is 5.69. The Morgan fingerprint density at radius 2 is 1.67 bits per heavy atom. The van der Waals surface area contributed by atoms with Crippen molar-refractivity contribution in [2.45, 2.75) is 13.8 Å². The van der Waals surface area contributed by atoms with Crippen molar-refractivity contribution < 1.29 is 23.5 Å². The zero-order chi connectivity index (χ0) is 19.8. The molecule has 0 radical (unpaired) electrons. The number of hydrogen-bond donors (Lipinski definition) is 1. The first kappa shape index (κ1) is 20.1. The maximum absolute atomic E-state index is 12.8. The van der Waals surface area contributed by atoms with Crippen LogP contribution in [-0.4, -0.2) is 42.4 Å². The fourth-order valence-electron chi connectivity index (χ4n) is 2.42. The SMILES string of the molecule is CCN(CC)C(=O)c1cccc(NC(=O)COC(=O)c2ccc(F)cc2)c1. The van der Waals surface area contributed by atoms with Crippen LogP contribution >= 0.6 is 0 Å². The lowest BCUT2D eigenvalue weighted by Gasteiger charge is -2.19. The van der Waals surface area contributed by atoms with Crippen molar-refractivity contribution in [3.63, 3.8) is 0 Å². The molecule has 6 nitrogen and oxygen atoms in total. The molecular weight excluding hydrogens is 351 g/mol. The molecule has 0 spiro atoms. The van der Waals surface area contributed by atoms with Gasteiger partial charge in [0.15, 0.2) is 6.61 Å². The summed E-state index contributed by atoms with van der Waals surface area (Å²) in [4.78, 5) is 37.8. The Morgan fingerprint density at radius 3 is 2.30 bits per heavy atom. The number of nitrogens with zero attached hydrogens (tertiary/aromatic N) is 1. The molecule has 2 rings (SSSR count). The molecule has 27 heavy (non-hydrogen) atoms. The van der Waals surface area contributed by atoms with Gasteiger partial charge in [0.25, 0.3) is 11.8 Å². The predicted octanol–water partition coefficient (Wildman–Crippen LogP) is 3.10. The van der Waals surface area contributed by atoms with Gasteiger partial charge in [-0.15, -0.1) is 0 Å². The van der Waals surface area contributed by atoms with Gasteiger partial charge in [-0.05, 0) is 56.3 Å². The number of carbonyl (C=O) groups excluding carboxylic acids is 3. The highest BCUT2D eigenvalue weighted by Crippen LogP contribution is 2.13. The smallest absolute Gasteiger partial charge is 0.338 e. The minimum atomic E-state index is -0.726. The van der Waals surface area contributed by atoms with Gasteiger partial charge in [0.2, 0.25) is 0 Å². The molecule has 0 bridgehead atoms. The maximum atomic E-state index is 12.8. The van der Waals surface area contributed by atoms with E-state index in [0.717, 1.165) is 12.1 Å². The van der Waals surface area contributed by atoms with Crippen molar-refractivity contribution in [2.24, 2.45) is 0 Å². The molecule has 0 atom stereocenters. The van der Waals surface area contributed by atoms with E-state index in [-0.39, 0.29) is 11.5 Å². The first-order valence-electron chi connectivity index (χ1n) is 8.56. The highest BCUT2D eigenvalue weighted by atomic mass is 19.1. The summed E-state index contributed by atoms with van der Waals surface area (Å²) in [5.41, 5.74) is 1.03. The molecule has 2 amide bonds. The summed E-state index contributed by atoms with van der Waals surface area (Å²) in [7, 11) is 0. The summed E-state index contributed by atoms with van der Waals surface area (Å²) < 4.78 is 17.8. The third-order valence-electron chi connectivity index (χ3n) is 3.86. The standard InChI is InChI=1S/C20H21FN2O4/c1-3-23(4-2)19(25)15-6-5-7-17(12-15)22-18(24)13-27-20(26)14-8-10-16(21)11-9-14/h5-12H,3-4,13H2,1-2H3,(H,22,24). The summed E-state index contributed by atoms with van der Waals surface area (Å²) in [5, 5.41) is 2.58.